The molecule has 0 aromatic heterocycles. The lowest BCUT2D eigenvalue weighted by Gasteiger charge is -2.18. The Morgan fingerprint density at radius 3 is 2.70 bits per heavy atom. The second kappa shape index (κ2) is 2.89. The van der Waals surface area contributed by atoms with Crippen LogP contribution < -0.4 is 5.32 Å². The highest BCUT2D eigenvalue weighted by Gasteiger charge is 2.30. The minimum Gasteiger partial charge on any atom is -0.371 e. The predicted octanol–water partition coefficient (Wildman–Crippen LogP) is 1.16. The van der Waals surface area contributed by atoms with E-state index in [9.17, 15) is 0 Å². The molecule has 60 valence electrons. The highest BCUT2D eigenvalue weighted by molar-refractivity contribution is 4.81. The van der Waals surface area contributed by atoms with E-state index < -0.39 is 0 Å². The van der Waals surface area contributed by atoms with E-state index in [-0.39, 0.29) is 5.60 Å². The number of hydrogen-bond donors (Lipinski definition) is 1. The molecule has 2 heteroatoms. The van der Waals surface area contributed by atoms with Gasteiger partial charge in [0, 0.05) is 6.54 Å². The molecule has 10 heavy (non-hydrogen) atoms. The predicted molar refractivity (Wildman–Crippen MR) is 42.1 cm³/mol. The van der Waals surface area contributed by atoms with Crippen molar-refractivity contribution >= 4 is 0 Å². The molecule has 0 aromatic carbocycles. The van der Waals surface area contributed by atoms with Gasteiger partial charge in [-0.05, 0) is 33.7 Å². The first-order chi connectivity index (χ1) is 4.64. The van der Waals surface area contributed by atoms with Gasteiger partial charge in [0.1, 0.15) is 0 Å². The zero-order valence-electron chi connectivity index (χ0n) is 7.11. The Morgan fingerprint density at radius 2 is 2.30 bits per heavy atom. The minimum atomic E-state index is 0.127. The van der Waals surface area contributed by atoms with Gasteiger partial charge >= 0.3 is 0 Å². The summed E-state index contributed by atoms with van der Waals surface area (Å²) in [6.07, 6.45) is 2.84. The number of ether oxygens (including phenoxy) is 1. The van der Waals surface area contributed by atoms with E-state index in [1.807, 2.05) is 7.05 Å². The third-order valence-corrected chi connectivity index (χ3v) is 1.99. The quantitative estimate of drug-likeness (QED) is 0.626. The van der Waals surface area contributed by atoms with Crippen LogP contribution in [-0.4, -0.2) is 25.3 Å². The lowest BCUT2D eigenvalue weighted by molar-refractivity contribution is -0.0134. The zero-order chi connectivity index (χ0) is 7.61. The largest absolute Gasteiger partial charge is 0.371 e. The first-order valence-corrected chi connectivity index (χ1v) is 3.96. The summed E-state index contributed by atoms with van der Waals surface area (Å²) in [5.74, 6) is 0. The van der Waals surface area contributed by atoms with Crippen molar-refractivity contribution in [2.75, 3.05) is 13.6 Å². The molecule has 1 heterocycles. The average Bonchev–Trinajstić information content (AvgIpc) is 2.12. The van der Waals surface area contributed by atoms with Crippen LogP contribution >= 0.6 is 0 Å². The Kier molecular flexibility index (Phi) is 2.32. The van der Waals surface area contributed by atoms with E-state index in [1.165, 1.54) is 12.8 Å². The van der Waals surface area contributed by atoms with E-state index in [4.69, 9.17) is 4.74 Å². The molecule has 0 radical (unpaired) electrons. The van der Waals surface area contributed by atoms with Crippen molar-refractivity contribution in [3.63, 3.8) is 0 Å². The maximum atomic E-state index is 5.73. The summed E-state index contributed by atoms with van der Waals surface area (Å²) in [6.45, 7) is 5.30. The Balaban J connectivity index is 2.29. The van der Waals surface area contributed by atoms with Crippen LogP contribution in [-0.2, 0) is 4.74 Å². The van der Waals surface area contributed by atoms with Crippen LogP contribution in [0.5, 0.6) is 0 Å². The van der Waals surface area contributed by atoms with Gasteiger partial charge in [0.25, 0.3) is 0 Å². The molecule has 0 saturated carbocycles. The normalized spacial score (nSPS) is 30.9. The molecule has 0 aliphatic carbocycles. The van der Waals surface area contributed by atoms with Gasteiger partial charge in [0.2, 0.25) is 0 Å². The summed E-state index contributed by atoms with van der Waals surface area (Å²) in [4.78, 5) is 0. The fourth-order valence-corrected chi connectivity index (χ4v) is 1.45. The van der Waals surface area contributed by atoms with Gasteiger partial charge < -0.3 is 10.1 Å². The number of rotatable bonds is 2. The van der Waals surface area contributed by atoms with Crippen LogP contribution in [0.3, 0.4) is 0 Å². The molecule has 0 bridgehead atoms. The maximum absolute atomic E-state index is 5.73. The van der Waals surface area contributed by atoms with Gasteiger partial charge in [-0.25, -0.2) is 0 Å². The van der Waals surface area contributed by atoms with Crippen molar-refractivity contribution in [1.82, 2.24) is 5.32 Å². The van der Waals surface area contributed by atoms with E-state index in [1.54, 1.807) is 0 Å². The second-order valence-electron chi connectivity index (χ2n) is 3.60. The SMILES string of the molecule is CNC[C@@H]1CCC(C)(C)O1. The molecule has 1 fully saturated rings. The molecule has 0 aromatic rings. The van der Waals surface area contributed by atoms with Crippen molar-refractivity contribution in [2.24, 2.45) is 0 Å². The number of likely N-dealkylation sites (N-methyl/N-ethyl adjacent to an activating group) is 1. The summed E-state index contributed by atoms with van der Waals surface area (Å²) in [6, 6.07) is 0. The Bertz CT molecular complexity index is 112. The van der Waals surface area contributed by atoms with E-state index >= 15 is 0 Å². The molecule has 1 aliphatic heterocycles. The molecule has 0 amide bonds. The molecule has 0 spiro atoms. The lowest BCUT2D eigenvalue weighted by Crippen LogP contribution is -2.27. The topological polar surface area (TPSA) is 21.3 Å². The van der Waals surface area contributed by atoms with Crippen molar-refractivity contribution in [3.8, 4) is 0 Å². The summed E-state index contributed by atoms with van der Waals surface area (Å²) in [5.41, 5.74) is 0.127. The summed E-state index contributed by atoms with van der Waals surface area (Å²) in [7, 11) is 1.97. The highest BCUT2D eigenvalue weighted by Crippen LogP contribution is 2.28. The van der Waals surface area contributed by atoms with Gasteiger partial charge in [-0.15, -0.1) is 0 Å². The van der Waals surface area contributed by atoms with Crippen LogP contribution in [0.15, 0.2) is 0 Å². The van der Waals surface area contributed by atoms with Gasteiger partial charge in [-0.3, -0.25) is 0 Å². The molecule has 1 aliphatic rings. The molecule has 1 atom stereocenters. The lowest BCUT2D eigenvalue weighted by atomic mass is 10.1. The molecule has 2 nitrogen and oxygen atoms in total. The fraction of sp³-hybridized carbons (Fsp3) is 1.00. The van der Waals surface area contributed by atoms with Crippen molar-refractivity contribution in [3.05, 3.63) is 0 Å². The van der Waals surface area contributed by atoms with Gasteiger partial charge in [-0.1, -0.05) is 0 Å². The zero-order valence-corrected chi connectivity index (χ0v) is 7.11. The summed E-state index contributed by atoms with van der Waals surface area (Å²) >= 11 is 0. The first-order valence-electron chi connectivity index (χ1n) is 3.96. The molecule has 0 unspecified atom stereocenters. The minimum absolute atomic E-state index is 0.127. The third-order valence-electron chi connectivity index (χ3n) is 1.99. The van der Waals surface area contributed by atoms with Crippen molar-refractivity contribution in [1.29, 1.82) is 0 Å². The van der Waals surface area contributed by atoms with Crippen LogP contribution in [0.4, 0.5) is 0 Å². The third kappa shape index (κ3) is 1.96. The van der Waals surface area contributed by atoms with Crippen molar-refractivity contribution in [2.45, 2.75) is 38.4 Å². The van der Waals surface area contributed by atoms with E-state index in [2.05, 4.69) is 19.2 Å². The van der Waals surface area contributed by atoms with Gasteiger partial charge in [0.05, 0.1) is 11.7 Å². The Hall–Kier alpha value is -0.0800. The second-order valence-corrected chi connectivity index (χ2v) is 3.60. The molecule has 1 N–H and O–H groups in total. The Labute approximate surface area is 63.0 Å². The maximum Gasteiger partial charge on any atom is 0.0707 e. The van der Waals surface area contributed by atoms with E-state index in [0.717, 1.165) is 6.54 Å². The summed E-state index contributed by atoms with van der Waals surface area (Å²) < 4.78 is 5.73. The standard InChI is InChI=1S/C8H17NO/c1-8(2)5-4-7(10-8)6-9-3/h7,9H,4-6H2,1-3H3/t7-/m0/s1. The first kappa shape index (κ1) is 8.02. The molecule has 1 saturated heterocycles. The van der Waals surface area contributed by atoms with Gasteiger partial charge in [-0.2, -0.15) is 0 Å². The van der Waals surface area contributed by atoms with Crippen molar-refractivity contribution < 1.29 is 4.74 Å². The molecule has 1 rings (SSSR count). The molecular formula is C8H17NO. The summed E-state index contributed by atoms with van der Waals surface area (Å²) in [5, 5.41) is 3.12. The van der Waals surface area contributed by atoms with Crippen LogP contribution in [0.1, 0.15) is 26.7 Å². The van der Waals surface area contributed by atoms with Gasteiger partial charge in [0.15, 0.2) is 0 Å². The fourth-order valence-electron chi connectivity index (χ4n) is 1.45. The van der Waals surface area contributed by atoms with Crippen LogP contribution in [0, 0.1) is 0 Å². The average molecular weight is 143 g/mol. The monoisotopic (exact) mass is 143 g/mol. The highest BCUT2D eigenvalue weighted by atomic mass is 16.5. The van der Waals surface area contributed by atoms with Crippen LogP contribution in [0.2, 0.25) is 0 Å². The number of hydrogen-bond acceptors (Lipinski definition) is 2. The Morgan fingerprint density at radius 1 is 1.60 bits per heavy atom. The van der Waals surface area contributed by atoms with E-state index in [0.29, 0.717) is 6.10 Å². The smallest absolute Gasteiger partial charge is 0.0707 e. The number of nitrogens with one attached hydrogen (secondary N) is 1. The molecular weight excluding hydrogens is 126 g/mol. The van der Waals surface area contributed by atoms with Crippen LogP contribution in [0.25, 0.3) is 0 Å².